The van der Waals surface area contributed by atoms with Crippen LogP contribution in [-0.2, 0) is 17.7 Å². The minimum atomic E-state index is 0.276. The molecule has 1 aromatic carbocycles. The van der Waals surface area contributed by atoms with Crippen molar-refractivity contribution >= 4 is 0 Å². The van der Waals surface area contributed by atoms with E-state index in [0.29, 0.717) is 6.10 Å². The summed E-state index contributed by atoms with van der Waals surface area (Å²) in [6, 6.07) is 19.4. The summed E-state index contributed by atoms with van der Waals surface area (Å²) in [6.45, 7) is 4.18. The minimum absolute atomic E-state index is 0.276. The highest BCUT2D eigenvalue weighted by molar-refractivity contribution is 5.32. The number of benzene rings is 1. The molecule has 2 aliphatic heterocycles. The molecule has 2 aromatic heterocycles. The third kappa shape index (κ3) is 4.07. The van der Waals surface area contributed by atoms with E-state index in [2.05, 4.69) is 69.2 Å². The molecule has 0 radical (unpaired) electrons. The number of rotatable bonds is 7. The van der Waals surface area contributed by atoms with Gasteiger partial charge in [0.25, 0.3) is 0 Å². The zero-order valence-corrected chi connectivity index (χ0v) is 17.6. The number of pyridine rings is 1. The lowest BCUT2D eigenvalue weighted by atomic mass is 9.75. The Morgan fingerprint density at radius 2 is 2.00 bits per heavy atom. The van der Waals surface area contributed by atoms with Crippen molar-refractivity contribution in [1.29, 1.82) is 0 Å². The molecule has 2 aliphatic rings. The number of likely N-dealkylation sites (tertiary alicyclic amines) is 1. The Balaban J connectivity index is 1.31. The van der Waals surface area contributed by atoms with E-state index in [-0.39, 0.29) is 5.41 Å². The van der Waals surface area contributed by atoms with Crippen molar-refractivity contribution in [2.24, 2.45) is 5.41 Å². The largest absolute Gasteiger partial charge is 0.378 e. The van der Waals surface area contributed by atoms with E-state index in [9.17, 15) is 0 Å². The maximum absolute atomic E-state index is 6.27. The molecule has 2 unspecified atom stereocenters. The van der Waals surface area contributed by atoms with E-state index in [1.54, 1.807) is 0 Å². The van der Waals surface area contributed by atoms with Gasteiger partial charge < -0.3 is 9.30 Å². The predicted octanol–water partition coefficient (Wildman–Crippen LogP) is 4.88. The summed E-state index contributed by atoms with van der Waals surface area (Å²) in [7, 11) is 0. The smallest absolute Gasteiger partial charge is 0.0645 e. The molecule has 3 aromatic rings. The van der Waals surface area contributed by atoms with E-state index in [4.69, 9.17) is 4.74 Å². The lowest BCUT2D eigenvalue weighted by Gasteiger charge is -2.35. The van der Waals surface area contributed by atoms with Crippen molar-refractivity contribution in [2.75, 3.05) is 19.7 Å². The third-order valence-electron chi connectivity index (χ3n) is 6.97. The highest BCUT2D eigenvalue weighted by Gasteiger charge is 2.45. The van der Waals surface area contributed by atoms with Crippen molar-refractivity contribution in [3.63, 3.8) is 0 Å². The molecule has 2 saturated heterocycles. The highest BCUT2D eigenvalue weighted by atomic mass is 16.5. The summed E-state index contributed by atoms with van der Waals surface area (Å²) in [5.41, 5.74) is 4.18. The standard InChI is InChI=1S/C26H31N3O/c1-2-7-22(8-3-1)12-13-26(25-11-6-18-30-25)14-17-28(21-26)20-24-10-5-16-29(24)23-9-4-15-27-19-23/h1-5,7-10,15-16,19,25H,6,11-14,17-18,20-21H2. The maximum atomic E-state index is 6.27. The lowest BCUT2D eigenvalue weighted by molar-refractivity contribution is -0.00188. The number of ether oxygens (including phenoxy) is 1. The molecule has 2 fully saturated rings. The Morgan fingerprint density at radius 3 is 2.80 bits per heavy atom. The van der Waals surface area contributed by atoms with E-state index < -0.39 is 0 Å². The first-order valence-electron chi connectivity index (χ1n) is 11.3. The Morgan fingerprint density at radius 1 is 1.07 bits per heavy atom. The van der Waals surface area contributed by atoms with Crippen molar-refractivity contribution in [3.05, 3.63) is 84.4 Å². The fourth-order valence-electron chi connectivity index (χ4n) is 5.37. The van der Waals surface area contributed by atoms with Gasteiger partial charge >= 0.3 is 0 Å². The van der Waals surface area contributed by atoms with Gasteiger partial charge in [0.05, 0.1) is 18.0 Å². The lowest BCUT2D eigenvalue weighted by Crippen LogP contribution is -2.38. The molecule has 156 valence electrons. The van der Waals surface area contributed by atoms with Gasteiger partial charge in [0.1, 0.15) is 0 Å². The van der Waals surface area contributed by atoms with Crippen LogP contribution in [0.4, 0.5) is 0 Å². The van der Waals surface area contributed by atoms with Gasteiger partial charge in [-0.2, -0.15) is 0 Å². The summed E-state index contributed by atoms with van der Waals surface area (Å²) in [5, 5.41) is 0. The molecule has 0 spiro atoms. The van der Waals surface area contributed by atoms with Crippen LogP contribution in [0.25, 0.3) is 5.69 Å². The van der Waals surface area contributed by atoms with Gasteiger partial charge in [0.15, 0.2) is 0 Å². The van der Waals surface area contributed by atoms with E-state index in [0.717, 1.165) is 38.3 Å². The Kier molecular flexibility index (Phi) is 5.69. The van der Waals surface area contributed by atoms with Gasteiger partial charge in [0, 0.05) is 43.2 Å². The van der Waals surface area contributed by atoms with Crippen LogP contribution in [0.15, 0.2) is 73.2 Å². The van der Waals surface area contributed by atoms with Gasteiger partial charge in [-0.1, -0.05) is 30.3 Å². The third-order valence-corrected chi connectivity index (χ3v) is 6.97. The van der Waals surface area contributed by atoms with Gasteiger partial charge in [-0.05, 0) is 68.5 Å². The van der Waals surface area contributed by atoms with Crippen LogP contribution in [0.2, 0.25) is 0 Å². The van der Waals surface area contributed by atoms with Gasteiger partial charge in [-0.15, -0.1) is 0 Å². The van der Waals surface area contributed by atoms with Crippen LogP contribution in [0.3, 0.4) is 0 Å². The first-order valence-corrected chi connectivity index (χ1v) is 11.3. The number of hydrogen-bond donors (Lipinski definition) is 0. The average Bonchev–Trinajstić information content (AvgIpc) is 3.56. The molecular weight excluding hydrogens is 370 g/mol. The van der Waals surface area contributed by atoms with E-state index >= 15 is 0 Å². The van der Waals surface area contributed by atoms with E-state index in [1.165, 1.54) is 36.9 Å². The fourth-order valence-corrected chi connectivity index (χ4v) is 5.37. The number of nitrogens with zero attached hydrogens (tertiary/aromatic N) is 3. The monoisotopic (exact) mass is 401 g/mol. The molecular formula is C26H31N3O. The fraction of sp³-hybridized carbons (Fsp3) is 0.423. The first kappa shape index (κ1) is 19.5. The van der Waals surface area contributed by atoms with Crippen LogP contribution in [0, 0.1) is 5.41 Å². The molecule has 4 nitrogen and oxygen atoms in total. The number of hydrogen-bond acceptors (Lipinski definition) is 3. The van der Waals surface area contributed by atoms with Gasteiger partial charge in [0.2, 0.25) is 0 Å². The Hall–Kier alpha value is -2.43. The molecule has 0 bridgehead atoms. The molecule has 2 atom stereocenters. The highest BCUT2D eigenvalue weighted by Crippen LogP contribution is 2.44. The SMILES string of the molecule is c1ccc(CCC2(C3CCCO3)CCN(Cc3cccn3-c3cccnc3)C2)cc1. The molecule has 30 heavy (non-hydrogen) atoms. The van der Waals surface area contributed by atoms with Crippen LogP contribution in [-0.4, -0.2) is 40.3 Å². The topological polar surface area (TPSA) is 30.3 Å². The summed E-state index contributed by atoms with van der Waals surface area (Å²) in [5.74, 6) is 0. The average molecular weight is 402 g/mol. The molecule has 0 amide bonds. The Labute approximate surface area is 179 Å². The van der Waals surface area contributed by atoms with Crippen molar-refractivity contribution in [3.8, 4) is 5.69 Å². The summed E-state index contributed by atoms with van der Waals surface area (Å²) >= 11 is 0. The predicted molar refractivity (Wildman–Crippen MR) is 120 cm³/mol. The van der Waals surface area contributed by atoms with Gasteiger partial charge in [-0.25, -0.2) is 0 Å². The second-order valence-electron chi connectivity index (χ2n) is 8.89. The first-order chi connectivity index (χ1) is 14.8. The summed E-state index contributed by atoms with van der Waals surface area (Å²) in [4.78, 5) is 6.92. The van der Waals surface area contributed by atoms with Gasteiger partial charge in [-0.3, -0.25) is 9.88 Å². The van der Waals surface area contributed by atoms with Crippen LogP contribution in [0.5, 0.6) is 0 Å². The minimum Gasteiger partial charge on any atom is -0.378 e. The second-order valence-corrected chi connectivity index (χ2v) is 8.89. The van der Waals surface area contributed by atoms with Crippen LogP contribution in [0.1, 0.15) is 36.9 Å². The number of aromatic nitrogens is 2. The van der Waals surface area contributed by atoms with Crippen LogP contribution < -0.4 is 0 Å². The Bertz CT molecular complexity index is 933. The van der Waals surface area contributed by atoms with Crippen molar-refractivity contribution < 1.29 is 4.74 Å². The van der Waals surface area contributed by atoms with Crippen LogP contribution >= 0.6 is 0 Å². The molecule has 4 heteroatoms. The van der Waals surface area contributed by atoms with E-state index in [1.807, 2.05) is 18.5 Å². The molecule has 0 aliphatic carbocycles. The molecule has 0 N–H and O–H groups in total. The zero-order valence-electron chi connectivity index (χ0n) is 17.6. The second kappa shape index (κ2) is 8.75. The quantitative estimate of drug-likeness (QED) is 0.565. The molecule has 0 saturated carbocycles. The van der Waals surface area contributed by atoms with Crippen molar-refractivity contribution in [1.82, 2.24) is 14.5 Å². The normalized spacial score (nSPS) is 24.5. The summed E-state index contributed by atoms with van der Waals surface area (Å²) < 4.78 is 8.53. The molecule has 4 heterocycles. The van der Waals surface area contributed by atoms with Crippen molar-refractivity contribution in [2.45, 2.75) is 44.8 Å². The maximum Gasteiger partial charge on any atom is 0.0645 e. The zero-order chi connectivity index (χ0) is 20.2. The number of aryl methyl sites for hydroxylation is 1. The summed E-state index contributed by atoms with van der Waals surface area (Å²) in [6.07, 6.45) is 12.3. The molecule has 5 rings (SSSR count).